The Morgan fingerprint density at radius 3 is 1.72 bits per heavy atom. The van der Waals surface area contributed by atoms with Crippen LogP contribution in [-0.4, -0.2) is 15.0 Å². The summed E-state index contributed by atoms with van der Waals surface area (Å²) in [6.07, 6.45) is 1.84. The van der Waals surface area contributed by atoms with Gasteiger partial charge in [0.2, 0.25) is 0 Å². The lowest BCUT2D eigenvalue weighted by Crippen LogP contribution is -1.95. The maximum atomic E-state index is 5.49. The summed E-state index contributed by atoms with van der Waals surface area (Å²) in [7, 11) is 0. The Bertz CT molecular complexity index is 2910. The Balaban J connectivity index is 1.27. The van der Waals surface area contributed by atoms with Crippen molar-refractivity contribution >= 4 is 54.3 Å². The number of hydrogen-bond donors (Lipinski definition) is 0. The van der Waals surface area contributed by atoms with Crippen LogP contribution in [0.2, 0.25) is 0 Å². The molecule has 0 aliphatic heterocycles. The molecule has 0 spiro atoms. The molecule has 3 heteroatoms. The molecule has 3 aromatic heterocycles. The molecule has 50 heavy (non-hydrogen) atoms. The SMILES string of the molecule is c1ccc(-c2cc(-c3ccccc3)c3c(n2)c(-c2ccc(-c4ccc5ccc6cccnc6c5n4)c4ccccc24)cc2ccccc23)cc1. The second-order valence-electron chi connectivity index (χ2n) is 12.8. The zero-order valence-corrected chi connectivity index (χ0v) is 27.1. The van der Waals surface area contributed by atoms with Crippen molar-refractivity contribution in [2.75, 3.05) is 0 Å². The summed E-state index contributed by atoms with van der Waals surface area (Å²) >= 11 is 0. The van der Waals surface area contributed by atoms with E-state index in [1.807, 2.05) is 12.3 Å². The van der Waals surface area contributed by atoms with Crippen molar-refractivity contribution in [2.24, 2.45) is 0 Å². The molecule has 10 rings (SSSR count). The van der Waals surface area contributed by atoms with Gasteiger partial charge in [0.05, 0.1) is 27.9 Å². The number of fused-ring (bicyclic) bond motifs is 7. The summed E-state index contributed by atoms with van der Waals surface area (Å²) in [5.74, 6) is 0. The lowest BCUT2D eigenvalue weighted by molar-refractivity contribution is 1.37. The van der Waals surface area contributed by atoms with Crippen LogP contribution in [0.5, 0.6) is 0 Å². The van der Waals surface area contributed by atoms with Crippen LogP contribution in [0.4, 0.5) is 0 Å². The third-order valence-electron chi connectivity index (χ3n) is 9.88. The molecule has 0 amide bonds. The predicted octanol–water partition coefficient (Wildman–Crippen LogP) is 12.3. The number of nitrogens with zero attached hydrogens (tertiary/aromatic N) is 3. The third kappa shape index (κ3) is 4.56. The lowest BCUT2D eigenvalue weighted by atomic mass is 9.88. The summed E-state index contributed by atoms with van der Waals surface area (Å²) in [5, 5.41) is 8.02. The smallest absolute Gasteiger partial charge is 0.0972 e. The monoisotopic (exact) mass is 635 g/mol. The Hall–Kier alpha value is -6.71. The van der Waals surface area contributed by atoms with Gasteiger partial charge in [-0.25, -0.2) is 9.97 Å². The normalized spacial score (nSPS) is 11.6. The highest BCUT2D eigenvalue weighted by Gasteiger charge is 2.19. The van der Waals surface area contributed by atoms with Crippen LogP contribution in [0.15, 0.2) is 176 Å². The van der Waals surface area contributed by atoms with Crippen LogP contribution in [0.1, 0.15) is 0 Å². The third-order valence-corrected chi connectivity index (χ3v) is 9.88. The summed E-state index contributed by atoms with van der Waals surface area (Å²) in [6.45, 7) is 0. The van der Waals surface area contributed by atoms with E-state index in [9.17, 15) is 0 Å². The Labute approximate surface area is 289 Å². The van der Waals surface area contributed by atoms with Crippen molar-refractivity contribution in [3.8, 4) is 44.8 Å². The molecular weight excluding hydrogens is 607 g/mol. The van der Waals surface area contributed by atoms with Gasteiger partial charge in [-0.3, -0.25) is 4.98 Å². The van der Waals surface area contributed by atoms with Crippen molar-refractivity contribution < 1.29 is 0 Å². The van der Waals surface area contributed by atoms with Crippen molar-refractivity contribution in [1.29, 1.82) is 0 Å². The van der Waals surface area contributed by atoms with Crippen LogP contribution in [-0.2, 0) is 0 Å². The number of benzene rings is 7. The van der Waals surface area contributed by atoms with E-state index >= 15 is 0 Å². The molecule has 7 aromatic carbocycles. The minimum absolute atomic E-state index is 0.917. The fourth-order valence-electron chi connectivity index (χ4n) is 7.53. The first-order valence-electron chi connectivity index (χ1n) is 16.9. The van der Waals surface area contributed by atoms with E-state index in [4.69, 9.17) is 15.0 Å². The highest BCUT2D eigenvalue weighted by Crippen LogP contribution is 2.44. The van der Waals surface area contributed by atoms with Crippen molar-refractivity contribution in [1.82, 2.24) is 15.0 Å². The molecule has 3 nitrogen and oxygen atoms in total. The first kappa shape index (κ1) is 28.3. The average molecular weight is 636 g/mol. The van der Waals surface area contributed by atoms with E-state index in [0.29, 0.717) is 0 Å². The van der Waals surface area contributed by atoms with Gasteiger partial charge in [-0.05, 0) is 62.5 Å². The number of pyridine rings is 3. The largest absolute Gasteiger partial charge is 0.254 e. The number of rotatable bonds is 4. The van der Waals surface area contributed by atoms with E-state index in [-0.39, 0.29) is 0 Å². The fraction of sp³-hybridized carbons (Fsp3) is 0. The summed E-state index contributed by atoms with van der Waals surface area (Å²) < 4.78 is 0. The van der Waals surface area contributed by atoms with Gasteiger partial charge < -0.3 is 0 Å². The predicted molar refractivity (Wildman–Crippen MR) is 209 cm³/mol. The average Bonchev–Trinajstić information content (AvgIpc) is 3.20. The minimum atomic E-state index is 0.917. The van der Waals surface area contributed by atoms with E-state index in [1.165, 1.54) is 21.9 Å². The molecule has 0 atom stereocenters. The molecule has 0 fully saturated rings. The molecule has 0 aliphatic rings. The molecule has 0 N–H and O–H groups in total. The molecular formula is C47H29N3. The van der Waals surface area contributed by atoms with Crippen LogP contribution < -0.4 is 0 Å². The summed E-state index contributed by atoms with van der Waals surface area (Å²) in [5.41, 5.74) is 11.5. The van der Waals surface area contributed by atoms with Gasteiger partial charge in [-0.2, -0.15) is 0 Å². The van der Waals surface area contributed by atoms with Crippen molar-refractivity contribution in [3.05, 3.63) is 176 Å². The van der Waals surface area contributed by atoms with Gasteiger partial charge in [-0.15, -0.1) is 0 Å². The minimum Gasteiger partial charge on any atom is -0.254 e. The molecule has 232 valence electrons. The Morgan fingerprint density at radius 1 is 0.320 bits per heavy atom. The molecule has 0 saturated heterocycles. The van der Waals surface area contributed by atoms with Gasteiger partial charge in [0.25, 0.3) is 0 Å². The summed E-state index contributed by atoms with van der Waals surface area (Å²) in [4.78, 5) is 15.4. The van der Waals surface area contributed by atoms with Crippen LogP contribution in [0, 0.1) is 0 Å². The molecule has 0 saturated carbocycles. The van der Waals surface area contributed by atoms with E-state index in [0.717, 1.165) is 77.1 Å². The number of hydrogen-bond acceptors (Lipinski definition) is 3. The maximum absolute atomic E-state index is 5.49. The van der Waals surface area contributed by atoms with Gasteiger partial charge in [0, 0.05) is 39.0 Å². The fourth-order valence-corrected chi connectivity index (χ4v) is 7.53. The van der Waals surface area contributed by atoms with Crippen LogP contribution in [0.25, 0.3) is 99.0 Å². The van der Waals surface area contributed by atoms with Crippen molar-refractivity contribution in [3.63, 3.8) is 0 Å². The van der Waals surface area contributed by atoms with Crippen molar-refractivity contribution in [2.45, 2.75) is 0 Å². The second-order valence-corrected chi connectivity index (χ2v) is 12.8. The maximum Gasteiger partial charge on any atom is 0.0972 e. The highest BCUT2D eigenvalue weighted by atomic mass is 14.8. The topological polar surface area (TPSA) is 38.7 Å². The van der Waals surface area contributed by atoms with E-state index in [1.54, 1.807) is 0 Å². The molecule has 0 aliphatic carbocycles. The van der Waals surface area contributed by atoms with Gasteiger partial charge >= 0.3 is 0 Å². The zero-order valence-electron chi connectivity index (χ0n) is 27.1. The van der Waals surface area contributed by atoms with Crippen LogP contribution in [0.3, 0.4) is 0 Å². The molecule has 0 unspecified atom stereocenters. The van der Waals surface area contributed by atoms with Gasteiger partial charge in [0.15, 0.2) is 0 Å². The molecule has 10 aromatic rings. The second kappa shape index (κ2) is 11.5. The lowest BCUT2D eigenvalue weighted by Gasteiger charge is -2.18. The quantitative estimate of drug-likeness (QED) is 0.181. The van der Waals surface area contributed by atoms with E-state index in [2.05, 4.69) is 164 Å². The van der Waals surface area contributed by atoms with Crippen LogP contribution >= 0.6 is 0 Å². The highest BCUT2D eigenvalue weighted by molar-refractivity contribution is 6.20. The Kier molecular flexibility index (Phi) is 6.49. The van der Waals surface area contributed by atoms with E-state index < -0.39 is 0 Å². The van der Waals surface area contributed by atoms with Gasteiger partial charge in [-0.1, -0.05) is 146 Å². The molecule has 0 bridgehead atoms. The molecule has 3 heterocycles. The van der Waals surface area contributed by atoms with Gasteiger partial charge in [0.1, 0.15) is 0 Å². The summed E-state index contributed by atoms with van der Waals surface area (Å²) in [6, 6.07) is 60.2. The first-order chi connectivity index (χ1) is 24.8. The Morgan fingerprint density at radius 2 is 0.920 bits per heavy atom. The first-order valence-corrected chi connectivity index (χ1v) is 16.9. The zero-order chi connectivity index (χ0) is 33.0. The molecule has 0 radical (unpaired) electrons. The number of aromatic nitrogens is 3. The standard InChI is InChI=1S/C47H29N3/c1-3-12-30(13-4-1)40-29-43(31-14-5-2-6-15-31)50-47-41(28-34-16-7-8-18-35(34)44(40)47)38-24-25-39(37-20-10-9-19-36(37)38)42-26-23-33-22-21-32-17-11-27-48-45(32)46(33)49-42/h1-29H.